The number of aryl methyl sites for hydroxylation is 1. The van der Waals surface area contributed by atoms with Gasteiger partial charge in [0.2, 0.25) is 0 Å². The first-order valence-electron chi connectivity index (χ1n) is 7.35. The second kappa shape index (κ2) is 6.58. The third kappa shape index (κ3) is 3.05. The lowest BCUT2D eigenvalue weighted by Gasteiger charge is -2.17. The largest absolute Gasteiger partial charge is 0.338 e. The van der Waals surface area contributed by atoms with Crippen molar-refractivity contribution >= 4 is 27.5 Å². The number of thiophene rings is 1. The molecule has 0 aromatic carbocycles. The Kier molecular flexibility index (Phi) is 4.97. The summed E-state index contributed by atoms with van der Waals surface area (Å²) in [4.78, 5) is 37.1. The highest BCUT2D eigenvalue weighted by molar-refractivity contribution is 7.20. The molecule has 2 aromatic heterocycles. The van der Waals surface area contributed by atoms with Crippen LogP contribution >= 0.6 is 11.3 Å². The molecule has 2 rings (SSSR count). The molecule has 0 unspecified atom stereocenters. The number of H-pyrrole nitrogens is 1. The second-order valence-corrected chi connectivity index (χ2v) is 6.46. The van der Waals surface area contributed by atoms with Crippen molar-refractivity contribution in [3.63, 3.8) is 0 Å². The third-order valence-corrected chi connectivity index (χ3v) is 4.73. The van der Waals surface area contributed by atoms with Crippen LogP contribution in [0.5, 0.6) is 0 Å². The summed E-state index contributed by atoms with van der Waals surface area (Å²) in [5.74, 6) is 0.588. The van der Waals surface area contributed by atoms with E-state index in [0.29, 0.717) is 40.6 Å². The Bertz CT molecular complexity index is 744. The van der Waals surface area contributed by atoms with E-state index in [2.05, 4.69) is 9.97 Å². The van der Waals surface area contributed by atoms with Gasteiger partial charge in [0.15, 0.2) is 0 Å². The molecule has 0 bridgehead atoms. The highest BCUT2D eigenvalue weighted by Crippen LogP contribution is 2.28. The van der Waals surface area contributed by atoms with Gasteiger partial charge in [0.05, 0.1) is 16.8 Å². The summed E-state index contributed by atoms with van der Waals surface area (Å²) >= 11 is 1.31. The zero-order chi connectivity index (χ0) is 16.4. The molecule has 0 saturated carbocycles. The van der Waals surface area contributed by atoms with E-state index in [4.69, 9.17) is 0 Å². The van der Waals surface area contributed by atoms with Crippen molar-refractivity contribution in [2.45, 2.75) is 27.3 Å². The number of fused-ring (bicyclic) bond motifs is 1. The number of carbonyl (C=O) groups excluding carboxylic acids is 1. The van der Waals surface area contributed by atoms with Gasteiger partial charge in [0, 0.05) is 13.1 Å². The average molecular weight is 322 g/mol. The van der Waals surface area contributed by atoms with Gasteiger partial charge in [-0.15, -0.1) is 11.3 Å². The molecule has 1 amide bonds. The number of carbonyl (C=O) groups is 1. The molecule has 0 aliphatic carbocycles. The zero-order valence-electron chi connectivity index (χ0n) is 13.7. The van der Waals surface area contributed by atoms with Crippen molar-refractivity contribution < 1.29 is 4.79 Å². The molecular formula is C15H22N4O2S. The topological polar surface area (TPSA) is 69.3 Å². The third-order valence-electron chi connectivity index (χ3n) is 3.56. The first-order valence-corrected chi connectivity index (χ1v) is 8.16. The smallest absolute Gasteiger partial charge is 0.264 e. The zero-order valence-corrected chi connectivity index (χ0v) is 14.5. The van der Waals surface area contributed by atoms with Gasteiger partial charge >= 0.3 is 0 Å². The summed E-state index contributed by atoms with van der Waals surface area (Å²) in [5.41, 5.74) is 0.552. The standard InChI is InChI=1S/C15H22N4O2S/c1-6-19(7-2)15(21)12-9(3)11-13(20)16-10(8-18(4)5)17-14(11)22-12/h6-8H2,1-5H3,(H,16,17,20). The lowest BCUT2D eigenvalue weighted by Crippen LogP contribution is -2.30. The minimum atomic E-state index is -0.172. The normalized spacial score (nSPS) is 11.4. The fourth-order valence-corrected chi connectivity index (χ4v) is 3.59. The van der Waals surface area contributed by atoms with Crippen LogP contribution in [0.3, 0.4) is 0 Å². The molecule has 0 aliphatic rings. The van der Waals surface area contributed by atoms with Crippen molar-refractivity contribution in [3.8, 4) is 0 Å². The molecule has 1 N–H and O–H groups in total. The molecule has 2 heterocycles. The molecule has 0 atom stereocenters. The monoisotopic (exact) mass is 322 g/mol. The number of aromatic nitrogens is 2. The van der Waals surface area contributed by atoms with Gasteiger partial charge < -0.3 is 14.8 Å². The van der Waals surface area contributed by atoms with E-state index in [1.165, 1.54) is 11.3 Å². The second-order valence-electron chi connectivity index (χ2n) is 5.46. The molecule has 120 valence electrons. The van der Waals surface area contributed by atoms with Crippen LogP contribution in [0.25, 0.3) is 10.2 Å². The van der Waals surface area contributed by atoms with Crippen LogP contribution in [-0.2, 0) is 6.54 Å². The summed E-state index contributed by atoms with van der Waals surface area (Å²) < 4.78 is 0. The van der Waals surface area contributed by atoms with E-state index in [-0.39, 0.29) is 11.5 Å². The van der Waals surface area contributed by atoms with E-state index in [0.717, 1.165) is 5.56 Å². The predicted molar refractivity (Wildman–Crippen MR) is 89.6 cm³/mol. The number of nitrogens with zero attached hydrogens (tertiary/aromatic N) is 3. The number of amides is 1. The fourth-order valence-electron chi connectivity index (χ4n) is 2.42. The molecule has 2 aromatic rings. The molecule has 7 heteroatoms. The van der Waals surface area contributed by atoms with Gasteiger partial charge in [-0.25, -0.2) is 4.98 Å². The Balaban J connectivity index is 2.55. The van der Waals surface area contributed by atoms with E-state index in [1.54, 1.807) is 4.90 Å². The van der Waals surface area contributed by atoms with Crippen LogP contribution in [0.1, 0.15) is 34.9 Å². The summed E-state index contributed by atoms with van der Waals surface area (Å²) in [6.07, 6.45) is 0. The Morgan fingerprint density at radius 3 is 2.45 bits per heavy atom. The molecule has 0 saturated heterocycles. The maximum atomic E-state index is 12.6. The summed E-state index contributed by atoms with van der Waals surface area (Å²) in [6, 6.07) is 0. The van der Waals surface area contributed by atoms with E-state index in [1.807, 2.05) is 39.8 Å². The summed E-state index contributed by atoms with van der Waals surface area (Å²) in [5, 5.41) is 0.531. The van der Waals surface area contributed by atoms with Crippen LogP contribution < -0.4 is 5.56 Å². The van der Waals surface area contributed by atoms with Gasteiger partial charge in [-0.1, -0.05) is 0 Å². The minimum absolute atomic E-state index is 0.0286. The van der Waals surface area contributed by atoms with Crippen LogP contribution in [0, 0.1) is 6.92 Å². The molecule has 6 nitrogen and oxygen atoms in total. The summed E-state index contributed by atoms with van der Waals surface area (Å²) in [7, 11) is 3.83. The van der Waals surface area contributed by atoms with Crippen molar-refractivity contribution in [2.24, 2.45) is 0 Å². The first-order chi connectivity index (χ1) is 10.4. The molecule has 0 aliphatic heterocycles. The highest BCUT2D eigenvalue weighted by atomic mass is 32.1. The average Bonchev–Trinajstić information content (AvgIpc) is 2.76. The number of aromatic amines is 1. The highest BCUT2D eigenvalue weighted by Gasteiger charge is 2.22. The van der Waals surface area contributed by atoms with Gasteiger partial charge in [-0.05, 0) is 40.4 Å². The predicted octanol–water partition coefficient (Wildman–Crippen LogP) is 1.84. The molecule has 0 radical (unpaired) electrons. The van der Waals surface area contributed by atoms with E-state index >= 15 is 0 Å². The van der Waals surface area contributed by atoms with Crippen molar-refractivity contribution in [1.29, 1.82) is 0 Å². The van der Waals surface area contributed by atoms with Crippen molar-refractivity contribution in [2.75, 3.05) is 27.2 Å². The van der Waals surface area contributed by atoms with E-state index < -0.39 is 0 Å². The van der Waals surface area contributed by atoms with Crippen LogP contribution in [0.15, 0.2) is 4.79 Å². The van der Waals surface area contributed by atoms with Crippen LogP contribution in [0.2, 0.25) is 0 Å². The van der Waals surface area contributed by atoms with E-state index in [9.17, 15) is 9.59 Å². The lowest BCUT2D eigenvalue weighted by atomic mass is 10.2. The number of rotatable bonds is 5. The van der Waals surface area contributed by atoms with Gasteiger partial charge in [0.25, 0.3) is 11.5 Å². The fraction of sp³-hybridized carbons (Fsp3) is 0.533. The minimum Gasteiger partial charge on any atom is -0.338 e. The van der Waals surface area contributed by atoms with Crippen LogP contribution in [0.4, 0.5) is 0 Å². The van der Waals surface area contributed by atoms with Crippen molar-refractivity contribution in [1.82, 2.24) is 19.8 Å². The molecule has 0 fully saturated rings. The van der Waals surface area contributed by atoms with Crippen LogP contribution in [-0.4, -0.2) is 52.9 Å². The SMILES string of the molecule is CCN(CC)C(=O)c1sc2nc(CN(C)C)[nH]c(=O)c2c1C. The molecular weight excluding hydrogens is 300 g/mol. The Hall–Kier alpha value is -1.73. The Labute approximate surface area is 133 Å². The maximum Gasteiger partial charge on any atom is 0.264 e. The maximum absolute atomic E-state index is 12.6. The quantitative estimate of drug-likeness (QED) is 0.912. The van der Waals surface area contributed by atoms with Crippen molar-refractivity contribution in [3.05, 3.63) is 26.6 Å². The van der Waals surface area contributed by atoms with Gasteiger partial charge in [-0.2, -0.15) is 0 Å². The lowest BCUT2D eigenvalue weighted by molar-refractivity contribution is 0.0777. The Morgan fingerprint density at radius 2 is 1.91 bits per heavy atom. The number of hydrogen-bond acceptors (Lipinski definition) is 5. The molecule has 0 spiro atoms. The summed E-state index contributed by atoms with van der Waals surface area (Å²) in [6.45, 7) is 7.57. The number of hydrogen-bond donors (Lipinski definition) is 1. The number of nitrogens with one attached hydrogen (secondary N) is 1. The first kappa shape index (κ1) is 16.6. The Morgan fingerprint density at radius 1 is 1.27 bits per heavy atom. The van der Waals surface area contributed by atoms with Gasteiger partial charge in [-0.3, -0.25) is 9.59 Å². The van der Waals surface area contributed by atoms with Gasteiger partial charge in [0.1, 0.15) is 10.7 Å². The molecule has 22 heavy (non-hydrogen) atoms.